The zero-order chi connectivity index (χ0) is 20.8. The van der Waals surface area contributed by atoms with Gasteiger partial charge in [0.05, 0.1) is 0 Å². The van der Waals surface area contributed by atoms with Gasteiger partial charge in [0.15, 0.2) is 0 Å². The number of piperazine rings is 1. The maximum atomic E-state index is 6.19. The molecule has 1 fully saturated rings. The molecule has 2 nitrogen and oxygen atoms in total. The van der Waals surface area contributed by atoms with E-state index in [4.69, 9.17) is 11.6 Å². The Morgan fingerprint density at radius 3 is 2.35 bits per heavy atom. The number of fused-ring (bicyclic) bond motifs is 4. The molecular formula is C28H27ClN2. The van der Waals surface area contributed by atoms with Gasteiger partial charge in [0.2, 0.25) is 0 Å². The van der Waals surface area contributed by atoms with Crippen LogP contribution in [0.3, 0.4) is 0 Å². The predicted molar refractivity (Wildman–Crippen MR) is 133 cm³/mol. The van der Waals surface area contributed by atoms with Gasteiger partial charge in [0, 0.05) is 42.6 Å². The number of rotatable bonds is 2. The molecule has 1 heterocycles. The quantitative estimate of drug-likeness (QED) is 0.441. The fraction of sp³-hybridized carbons (Fsp3) is 0.286. The van der Waals surface area contributed by atoms with Crippen LogP contribution < -0.4 is 9.80 Å². The largest absolute Gasteiger partial charge is 0.368 e. The molecule has 3 aromatic carbocycles. The lowest BCUT2D eigenvalue weighted by Crippen LogP contribution is -2.46. The number of hydrogen-bond acceptors (Lipinski definition) is 2. The van der Waals surface area contributed by atoms with Crippen molar-refractivity contribution in [2.24, 2.45) is 0 Å². The van der Waals surface area contributed by atoms with E-state index >= 15 is 0 Å². The minimum atomic E-state index is 0.810. The maximum Gasteiger partial charge on any atom is 0.0426 e. The van der Waals surface area contributed by atoms with Crippen LogP contribution in [0.5, 0.6) is 0 Å². The molecule has 0 saturated carbocycles. The molecule has 3 aromatic rings. The van der Waals surface area contributed by atoms with E-state index in [1.54, 1.807) is 11.1 Å². The fourth-order valence-electron chi connectivity index (χ4n) is 5.52. The van der Waals surface area contributed by atoms with Crippen molar-refractivity contribution in [3.05, 3.63) is 88.5 Å². The van der Waals surface area contributed by atoms with Gasteiger partial charge in [-0.1, -0.05) is 53.6 Å². The lowest BCUT2D eigenvalue weighted by molar-refractivity contribution is 0.654. The van der Waals surface area contributed by atoms with E-state index in [9.17, 15) is 0 Å². The van der Waals surface area contributed by atoms with Crippen LogP contribution in [0.2, 0.25) is 5.02 Å². The second kappa shape index (κ2) is 7.76. The van der Waals surface area contributed by atoms with Crippen LogP contribution in [0.15, 0.2) is 72.3 Å². The third-order valence-corrected chi connectivity index (χ3v) is 7.41. The Kier molecular flexibility index (Phi) is 4.76. The highest BCUT2D eigenvalue weighted by molar-refractivity contribution is 6.30. The van der Waals surface area contributed by atoms with Crippen LogP contribution in [0.25, 0.3) is 16.3 Å². The Hall–Kier alpha value is -2.71. The van der Waals surface area contributed by atoms with Gasteiger partial charge in [0.1, 0.15) is 0 Å². The average Bonchev–Trinajstić information content (AvgIpc) is 2.83. The number of nitrogens with zero attached hydrogens (tertiary/aromatic N) is 2. The number of hydrogen-bond donors (Lipinski definition) is 0. The van der Waals surface area contributed by atoms with Crippen LogP contribution >= 0.6 is 11.6 Å². The predicted octanol–water partition coefficient (Wildman–Crippen LogP) is 6.87. The lowest BCUT2D eigenvalue weighted by Gasteiger charge is -2.37. The Labute approximate surface area is 189 Å². The smallest absolute Gasteiger partial charge is 0.0426 e. The number of benzene rings is 3. The number of aryl methyl sites for hydroxylation is 1. The highest BCUT2D eigenvalue weighted by atomic mass is 35.5. The summed E-state index contributed by atoms with van der Waals surface area (Å²) in [6.45, 7) is 4.10. The maximum absolute atomic E-state index is 6.19. The second-order valence-electron chi connectivity index (χ2n) is 8.91. The van der Waals surface area contributed by atoms with Crippen LogP contribution in [-0.4, -0.2) is 26.2 Å². The van der Waals surface area contributed by atoms with E-state index in [2.05, 4.69) is 64.4 Å². The van der Waals surface area contributed by atoms with E-state index in [0.717, 1.165) is 31.2 Å². The monoisotopic (exact) mass is 426 g/mol. The Balaban J connectivity index is 1.25. The number of anilines is 2. The van der Waals surface area contributed by atoms with E-state index < -0.39 is 0 Å². The molecule has 0 amide bonds. The van der Waals surface area contributed by atoms with Crippen LogP contribution in [0.4, 0.5) is 11.4 Å². The van der Waals surface area contributed by atoms with Gasteiger partial charge in [-0.2, -0.15) is 0 Å². The summed E-state index contributed by atoms with van der Waals surface area (Å²) in [5, 5.41) is 3.62. The fourth-order valence-corrected chi connectivity index (χ4v) is 5.71. The summed E-state index contributed by atoms with van der Waals surface area (Å²) < 4.78 is 0. The molecule has 0 spiro atoms. The molecule has 156 valence electrons. The molecular weight excluding hydrogens is 400 g/mol. The summed E-state index contributed by atoms with van der Waals surface area (Å²) in [7, 11) is 0. The molecule has 3 heteroatoms. The summed E-state index contributed by atoms with van der Waals surface area (Å²) in [6.07, 6.45) is 9.54. The Bertz CT molecular complexity index is 1210. The third kappa shape index (κ3) is 3.43. The van der Waals surface area contributed by atoms with Gasteiger partial charge in [-0.3, -0.25) is 0 Å². The average molecular weight is 427 g/mol. The van der Waals surface area contributed by atoms with Crippen LogP contribution in [0.1, 0.15) is 30.4 Å². The Morgan fingerprint density at radius 2 is 1.55 bits per heavy atom. The van der Waals surface area contributed by atoms with Crippen molar-refractivity contribution in [2.75, 3.05) is 36.0 Å². The molecule has 6 rings (SSSR count). The van der Waals surface area contributed by atoms with Crippen LogP contribution in [0, 0.1) is 0 Å². The molecule has 0 aromatic heterocycles. The molecule has 1 aliphatic heterocycles. The van der Waals surface area contributed by atoms with Gasteiger partial charge in [-0.25, -0.2) is 0 Å². The SMILES string of the molecule is Clc1cccc(N2CCN(c3ccc4c5c(ccc4c3)C3=C(CCC=C3)CC5)CC2)c1. The first-order valence-corrected chi connectivity index (χ1v) is 11.8. The van der Waals surface area contributed by atoms with Crippen molar-refractivity contribution >= 4 is 39.3 Å². The first-order chi connectivity index (χ1) is 15.3. The molecule has 31 heavy (non-hydrogen) atoms. The molecule has 3 aliphatic rings. The van der Waals surface area contributed by atoms with Crippen molar-refractivity contribution in [3.8, 4) is 0 Å². The first-order valence-electron chi connectivity index (χ1n) is 11.5. The van der Waals surface area contributed by atoms with Gasteiger partial charge in [-0.15, -0.1) is 0 Å². The lowest BCUT2D eigenvalue weighted by atomic mass is 9.79. The van der Waals surface area contributed by atoms with Crippen molar-refractivity contribution in [1.29, 1.82) is 0 Å². The molecule has 0 atom stereocenters. The highest BCUT2D eigenvalue weighted by Gasteiger charge is 2.22. The molecule has 1 saturated heterocycles. The zero-order valence-electron chi connectivity index (χ0n) is 17.8. The topological polar surface area (TPSA) is 6.48 Å². The molecule has 0 bridgehead atoms. The van der Waals surface area contributed by atoms with Crippen molar-refractivity contribution in [1.82, 2.24) is 0 Å². The van der Waals surface area contributed by atoms with Crippen LogP contribution in [-0.2, 0) is 6.42 Å². The number of halogens is 1. The first kappa shape index (κ1) is 19.0. The summed E-state index contributed by atoms with van der Waals surface area (Å²) in [5.74, 6) is 0. The highest BCUT2D eigenvalue weighted by Crippen LogP contribution is 2.40. The minimum Gasteiger partial charge on any atom is -0.368 e. The molecule has 2 aliphatic carbocycles. The van der Waals surface area contributed by atoms with Crippen molar-refractivity contribution in [3.63, 3.8) is 0 Å². The molecule has 0 radical (unpaired) electrons. The summed E-state index contributed by atoms with van der Waals surface area (Å²) in [6, 6.07) is 20.0. The summed E-state index contributed by atoms with van der Waals surface area (Å²) in [5.41, 5.74) is 8.72. The summed E-state index contributed by atoms with van der Waals surface area (Å²) in [4.78, 5) is 4.95. The summed E-state index contributed by atoms with van der Waals surface area (Å²) >= 11 is 6.19. The molecule has 0 N–H and O–H groups in total. The van der Waals surface area contributed by atoms with E-state index in [-0.39, 0.29) is 0 Å². The minimum absolute atomic E-state index is 0.810. The van der Waals surface area contributed by atoms with Gasteiger partial charge >= 0.3 is 0 Å². The second-order valence-corrected chi connectivity index (χ2v) is 9.35. The number of allylic oxidation sites excluding steroid dienone is 4. The van der Waals surface area contributed by atoms with Gasteiger partial charge in [-0.05, 0) is 83.5 Å². The standard InChI is InChI=1S/C28H27ClN2/c29-22-5-3-6-23(19-22)30-14-16-31(17-15-30)24-10-13-26-21(18-24)9-12-27-25-7-2-1-4-20(25)8-11-28(26)27/h2-3,5-7,9-10,12-13,18-19H,1,4,8,11,14-17H2. The normalized spacial score (nSPS) is 18.4. The van der Waals surface area contributed by atoms with Crippen molar-refractivity contribution < 1.29 is 0 Å². The Morgan fingerprint density at radius 1 is 0.742 bits per heavy atom. The van der Waals surface area contributed by atoms with Crippen molar-refractivity contribution in [2.45, 2.75) is 25.7 Å². The van der Waals surface area contributed by atoms with Gasteiger partial charge < -0.3 is 9.80 Å². The van der Waals surface area contributed by atoms with E-state index in [0.29, 0.717) is 0 Å². The van der Waals surface area contributed by atoms with Gasteiger partial charge in [0.25, 0.3) is 0 Å². The zero-order valence-corrected chi connectivity index (χ0v) is 18.5. The third-order valence-electron chi connectivity index (χ3n) is 7.18. The molecule has 0 unspecified atom stereocenters. The van der Waals surface area contributed by atoms with E-state index in [1.165, 1.54) is 59.0 Å². The van der Waals surface area contributed by atoms with E-state index in [1.807, 2.05) is 12.1 Å².